The van der Waals surface area contributed by atoms with E-state index in [1.807, 2.05) is 30.3 Å². The van der Waals surface area contributed by atoms with Gasteiger partial charge in [0.15, 0.2) is 0 Å². The molecule has 2 rings (SSSR count). The van der Waals surface area contributed by atoms with E-state index >= 15 is 0 Å². The fraction of sp³-hybridized carbons (Fsp3) is 0.0667. The average molecular weight is 306 g/mol. The highest BCUT2D eigenvalue weighted by Crippen LogP contribution is 2.22. The predicted octanol–water partition coefficient (Wildman–Crippen LogP) is 2.97. The number of halogens is 1. The fourth-order valence-corrected chi connectivity index (χ4v) is 2.98. The van der Waals surface area contributed by atoms with Crippen molar-refractivity contribution in [3.63, 3.8) is 0 Å². The van der Waals surface area contributed by atoms with Crippen molar-refractivity contribution in [2.24, 2.45) is 0 Å². The van der Waals surface area contributed by atoms with E-state index in [1.165, 1.54) is 19.2 Å². The van der Waals surface area contributed by atoms with Gasteiger partial charge in [0, 0.05) is 18.7 Å². The quantitative estimate of drug-likeness (QED) is 0.632. The van der Waals surface area contributed by atoms with E-state index in [9.17, 15) is 8.42 Å². The molecule has 0 aromatic heterocycles. The number of hydrogen-bond acceptors (Lipinski definition) is 2. The third-order valence-corrected chi connectivity index (χ3v) is 4.77. The highest BCUT2D eigenvalue weighted by molar-refractivity contribution is 7.89. The SMILES string of the molecule is CN(C#Cc1ccccc1)S(=O)(=O)c1ccccc1Cl. The van der Waals surface area contributed by atoms with E-state index in [0.717, 1.165) is 9.87 Å². The molecule has 2 aromatic rings. The third kappa shape index (κ3) is 3.13. The second-order valence-electron chi connectivity index (χ2n) is 4.01. The van der Waals surface area contributed by atoms with Gasteiger partial charge in [-0.15, -0.1) is 0 Å². The summed E-state index contributed by atoms with van der Waals surface area (Å²) in [4.78, 5) is 0.0477. The first-order chi connectivity index (χ1) is 9.51. The van der Waals surface area contributed by atoms with Crippen LogP contribution in [0.3, 0.4) is 0 Å². The van der Waals surface area contributed by atoms with E-state index in [-0.39, 0.29) is 9.92 Å². The van der Waals surface area contributed by atoms with Gasteiger partial charge in [-0.1, -0.05) is 41.9 Å². The van der Waals surface area contributed by atoms with Crippen molar-refractivity contribution in [3.8, 4) is 12.0 Å². The Balaban J connectivity index is 2.32. The number of rotatable bonds is 2. The first kappa shape index (κ1) is 14.4. The average Bonchev–Trinajstić information content (AvgIpc) is 2.46. The number of hydrogen-bond donors (Lipinski definition) is 0. The molecule has 0 spiro atoms. The Morgan fingerprint density at radius 3 is 2.25 bits per heavy atom. The minimum absolute atomic E-state index is 0.0477. The zero-order chi connectivity index (χ0) is 14.6. The van der Waals surface area contributed by atoms with Crippen LogP contribution in [0.4, 0.5) is 0 Å². The summed E-state index contributed by atoms with van der Waals surface area (Å²) in [5, 5.41) is 0.181. The van der Waals surface area contributed by atoms with Gasteiger partial charge in [0.25, 0.3) is 10.0 Å². The van der Waals surface area contributed by atoms with Gasteiger partial charge in [-0.25, -0.2) is 12.7 Å². The summed E-state index contributed by atoms with van der Waals surface area (Å²) >= 11 is 5.92. The van der Waals surface area contributed by atoms with E-state index in [2.05, 4.69) is 12.0 Å². The normalized spacial score (nSPS) is 10.5. The van der Waals surface area contributed by atoms with Crippen LogP contribution in [-0.4, -0.2) is 19.8 Å². The first-order valence-corrected chi connectivity index (χ1v) is 7.64. The molecule has 0 saturated heterocycles. The lowest BCUT2D eigenvalue weighted by molar-refractivity contribution is 0.547. The third-order valence-electron chi connectivity index (χ3n) is 2.61. The lowest BCUT2D eigenvalue weighted by atomic mass is 10.2. The maximum Gasteiger partial charge on any atom is 0.272 e. The highest BCUT2D eigenvalue weighted by Gasteiger charge is 2.21. The lowest BCUT2D eigenvalue weighted by Crippen LogP contribution is -2.22. The molecule has 0 unspecified atom stereocenters. The van der Waals surface area contributed by atoms with Crippen LogP contribution in [-0.2, 0) is 10.0 Å². The molecule has 0 fully saturated rings. The van der Waals surface area contributed by atoms with Gasteiger partial charge >= 0.3 is 0 Å². The van der Waals surface area contributed by atoms with Crippen LogP contribution in [0, 0.1) is 12.0 Å². The molecule has 5 heteroatoms. The molecule has 0 radical (unpaired) electrons. The van der Waals surface area contributed by atoms with E-state index < -0.39 is 10.0 Å². The monoisotopic (exact) mass is 305 g/mol. The van der Waals surface area contributed by atoms with Crippen LogP contribution in [0.25, 0.3) is 0 Å². The molecule has 0 saturated carbocycles. The number of nitrogens with zero attached hydrogens (tertiary/aromatic N) is 1. The molecule has 20 heavy (non-hydrogen) atoms. The van der Waals surface area contributed by atoms with E-state index in [4.69, 9.17) is 11.6 Å². The molecule has 0 aliphatic heterocycles. The second-order valence-corrected chi connectivity index (χ2v) is 6.35. The first-order valence-electron chi connectivity index (χ1n) is 5.82. The van der Waals surface area contributed by atoms with Crippen molar-refractivity contribution in [2.45, 2.75) is 4.90 Å². The highest BCUT2D eigenvalue weighted by atomic mass is 35.5. The molecule has 0 amide bonds. The Kier molecular flexibility index (Phi) is 4.33. The Morgan fingerprint density at radius 1 is 1.00 bits per heavy atom. The van der Waals surface area contributed by atoms with Crippen LogP contribution >= 0.6 is 11.6 Å². The summed E-state index contributed by atoms with van der Waals surface area (Å²) in [7, 11) is -2.31. The zero-order valence-electron chi connectivity index (χ0n) is 10.7. The molecule has 0 bridgehead atoms. The largest absolute Gasteiger partial charge is 0.272 e. The molecular weight excluding hydrogens is 294 g/mol. The van der Waals surface area contributed by atoms with Gasteiger partial charge in [-0.05, 0) is 30.2 Å². The van der Waals surface area contributed by atoms with Gasteiger partial charge < -0.3 is 0 Å². The molecule has 0 N–H and O–H groups in total. The fourth-order valence-electron chi connectivity index (χ4n) is 1.53. The van der Waals surface area contributed by atoms with Gasteiger partial charge in [0.2, 0.25) is 0 Å². The second kappa shape index (κ2) is 6.00. The van der Waals surface area contributed by atoms with Crippen LogP contribution in [0.15, 0.2) is 59.5 Å². The smallest absolute Gasteiger partial charge is 0.227 e. The summed E-state index contributed by atoms with van der Waals surface area (Å²) in [6.07, 6.45) is 0. The minimum Gasteiger partial charge on any atom is -0.227 e. The van der Waals surface area contributed by atoms with Gasteiger partial charge in [-0.3, -0.25) is 0 Å². The molecular formula is C15H12ClNO2S. The van der Waals surface area contributed by atoms with Gasteiger partial charge in [0.05, 0.1) is 5.02 Å². The summed E-state index contributed by atoms with van der Waals surface area (Å²) in [6, 6.07) is 18.1. The Morgan fingerprint density at radius 2 is 1.60 bits per heavy atom. The summed E-state index contributed by atoms with van der Waals surface area (Å²) in [6.45, 7) is 0. The Hall–Kier alpha value is -1.96. The molecule has 2 aromatic carbocycles. The van der Waals surface area contributed by atoms with Crippen LogP contribution < -0.4 is 0 Å². The Labute approximate surface area is 123 Å². The molecule has 0 heterocycles. The van der Waals surface area contributed by atoms with Crippen LogP contribution in [0.1, 0.15) is 5.56 Å². The lowest BCUT2D eigenvalue weighted by Gasteiger charge is -2.12. The number of sulfonamides is 1. The Bertz CT molecular complexity index is 761. The molecule has 3 nitrogen and oxygen atoms in total. The summed E-state index contributed by atoms with van der Waals surface area (Å²) < 4.78 is 25.6. The van der Waals surface area contributed by atoms with Gasteiger partial charge in [0.1, 0.15) is 4.90 Å². The molecule has 102 valence electrons. The van der Waals surface area contributed by atoms with Crippen molar-refractivity contribution in [1.82, 2.24) is 4.31 Å². The standard InChI is InChI=1S/C15H12ClNO2S/c1-17(12-11-13-7-3-2-4-8-13)20(18,19)15-10-6-5-9-14(15)16/h2-10H,1H3. The van der Waals surface area contributed by atoms with Crippen LogP contribution in [0.2, 0.25) is 5.02 Å². The summed E-state index contributed by atoms with van der Waals surface area (Å²) in [5.41, 5.74) is 0.744. The van der Waals surface area contributed by atoms with Gasteiger partial charge in [-0.2, -0.15) is 0 Å². The molecule has 0 atom stereocenters. The zero-order valence-corrected chi connectivity index (χ0v) is 12.3. The minimum atomic E-state index is -3.71. The van der Waals surface area contributed by atoms with E-state index in [1.54, 1.807) is 12.1 Å². The predicted molar refractivity (Wildman–Crippen MR) is 79.7 cm³/mol. The van der Waals surface area contributed by atoms with Crippen molar-refractivity contribution in [1.29, 1.82) is 0 Å². The van der Waals surface area contributed by atoms with Crippen molar-refractivity contribution in [2.75, 3.05) is 7.05 Å². The summed E-state index contributed by atoms with van der Waals surface area (Å²) in [5.74, 6) is 2.79. The molecule has 0 aliphatic carbocycles. The van der Waals surface area contributed by atoms with Crippen LogP contribution in [0.5, 0.6) is 0 Å². The molecule has 0 aliphatic rings. The number of benzene rings is 2. The van der Waals surface area contributed by atoms with Crippen molar-refractivity contribution < 1.29 is 8.42 Å². The maximum absolute atomic E-state index is 12.3. The van der Waals surface area contributed by atoms with Crippen molar-refractivity contribution in [3.05, 3.63) is 65.2 Å². The van der Waals surface area contributed by atoms with Crippen molar-refractivity contribution >= 4 is 21.6 Å². The maximum atomic E-state index is 12.3. The van der Waals surface area contributed by atoms with E-state index in [0.29, 0.717) is 0 Å². The topological polar surface area (TPSA) is 37.4 Å².